The van der Waals surface area contributed by atoms with Gasteiger partial charge in [-0.3, -0.25) is 9.10 Å². The molecule has 1 aliphatic heterocycles. The van der Waals surface area contributed by atoms with Gasteiger partial charge in [-0.25, -0.2) is 9.11 Å². The Kier molecular flexibility index (Phi) is 4.60. The first-order valence-electron chi connectivity index (χ1n) is 7.26. The van der Waals surface area contributed by atoms with Crippen molar-refractivity contribution in [3.05, 3.63) is 63.9 Å². The number of fused-ring (bicyclic) bond motifs is 1. The molecule has 1 heterocycles. The Morgan fingerprint density at radius 2 is 1.96 bits per heavy atom. The van der Waals surface area contributed by atoms with E-state index in [0.29, 0.717) is 16.6 Å². The molecule has 0 radical (unpaired) electrons. The van der Waals surface area contributed by atoms with E-state index in [2.05, 4.69) is 15.9 Å². The number of hydrogen-bond donors (Lipinski definition) is 1. The summed E-state index contributed by atoms with van der Waals surface area (Å²) in [7, 11) is -4.12. The third-order valence-electron chi connectivity index (χ3n) is 3.76. The van der Waals surface area contributed by atoms with Crippen molar-refractivity contribution >= 4 is 37.7 Å². The highest BCUT2D eigenvalue weighted by Gasteiger charge is 2.29. The molecule has 0 spiro atoms. The van der Waals surface area contributed by atoms with Crippen molar-refractivity contribution in [3.8, 4) is 0 Å². The molecule has 3 rings (SSSR count). The van der Waals surface area contributed by atoms with E-state index >= 15 is 0 Å². The molecule has 0 aliphatic carbocycles. The van der Waals surface area contributed by atoms with Gasteiger partial charge in [0, 0.05) is 11.0 Å². The lowest BCUT2D eigenvalue weighted by atomic mass is 10.0. The molecule has 0 bridgehead atoms. The van der Waals surface area contributed by atoms with Crippen LogP contribution in [0.15, 0.2) is 46.9 Å². The van der Waals surface area contributed by atoms with Gasteiger partial charge in [-0.1, -0.05) is 34.1 Å². The molecular formula is C16H14BrFN2O3S. The highest BCUT2D eigenvalue weighted by Crippen LogP contribution is 2.28. The lowest BCUT2D eigenvalue weighted by Crippen LogP contribution is -2.46. The average Bonchev–Trinajstić information content (AvgIpc) is 2.53. The minimum Gasteiger partial charge on any atom is -0.268 e. The van der Waals surface area contributed by atoms with Crippen LogP contribution in [0.2, 0.25) is 0 Å². The van der Waals surface area contributed by atoms with Crippen LogP contribution in [-0.4, -0.2) is 20.9 Å². The standard InChI is InChI=1S/C16H14BrFN2O3S/c17-12-7-8-13(14(18)10-12)16(21)19-24(22,23)20-9-3-5-11-4-1-2-6-15(11)20/h1-2,4,6-8,10H,3,5,9H2,(H,19,21). The Balaban J connectivity index is 1.88. The van der Waals surface area contributed by atoms with Crippen molar-refractivity contribution < 1.29 is 17.6 Å². The van der Waals surface area contributed by atoms with Crippen LogP contribution >= 0.6 is 15.9 Å². The molecule has 0 aromatic heterocycles. The average molecular weight is 413 g/mol. The van der Waals surface area contributed by atoms with Gasteiger partial charge in [0.25, 0.3) is 5.91 Å². The third kappa shape index (κ3) is 3.29. The molecule has 8 heteroatoms. The fourth-order valence-electron chi connectivity index (χ4n) is 2.65. The van der Waals surface area contributed by atoms with Crippen LogP contribution in [0.5, 0.6) is 0 Å². The van der Waals surface area contributed by atoms with Gasteiger partial charge in [0.1, 0.15) is 5.82 Å². The molecule has 2 aromatic carbocycles. The number of hydrogen-bond acceptors (Lipinski definition) is 3. The zero-order chi connectivity index (χ0) is 17.3. The number of amides is 1. The van der Waals surface area contributed by atoms with Crippen molar-refractivity contribution in [2.24, 2.45) is 0 Å². The largest absolute Gasteiger partial charge is 0.326 e. The number of para-hydroxylation sites is 1. The number of nitrogens with one attached hydrogen (secondary N) is 1. The van der Waals surface area contributed by atoms with Crippen molar-refractivity contribution in [1.82, 2.24) is 4.72 Å². The van der Waals surface area contributed by atoms with Gasteiger partial charge in [-0.2, -0.15) is 8.42 Å². The molecule has 0 fully saturated rings. The van der Waals surface area contributed by atoms with Crippen LogP contribution in [0.25, 0.3) is 0 Å². The second kappa shape index (κ2) is 6.52. The predicted molar refractivity (Wildman–Crippen MR) is 92.6 cm³/mol. The van der Waals surface area contributed by atoms with Gasteiger partial charge >= 0.3 is 10.2 Å². The molecule has 0 atom stereocenters. The Bertz CT molecular complexity index is 902. The van der Waals surface area contributed by atoms with E-state index in [4.69, 9.17) is 0 Å². The van der Waals surface area contributed by atoms with E-state index in [-0.39, 0.29) is 12.1 Å². The molecule has 0 saturated heterocycles. The van der Waals surface area contributed by atoms with E-state index in [9.17, 15) is 17.6 Å². The van der Waals surface area contributed by atoms with Crippen molar-refractivity contribution in [1.29, 1.82) is 0 Å². The fraction of sp³-hybridized carbons (Fsp3) is 0.188. The lowest BCUT2D eigenvalue weighted by molar-refractivity contribution is 0.0977. The van der Waals surface area contributed by atoms with E-state index in [0.717, 1.165) is 22.4 Å². The van der Waals surface area contributed by atoms with Gasteiger partial charge in [-0.05, 0) is 42.7 Å². The van der Waals surface area contributed by atoms with Gasteiger partial charge in [0.2, 0.25) is 0 Å². The topological polar surface area (TPSA) is 66.5 Å². The zero-order valence-corrected chi connectivity index (χ0v) is 14.9. The first kappa shape index (κ1) is 16.9. The maximum atomic E-state index is 13.9. The van der Waals surface area contributed by atoms with E-state index in [1.807, 2.05) is 16.9 Å². The second-order valence-corrected chi connectivity index (χ2v) is 7.88. The molecular weight excluding hydrogens is 399 g/mol. The van der Waals surface area contributed by atoms with Gasteiger partial charge in [0.15, 0.2) is 0 Å². The summed E-state index contributed by atoms with van der Waals surface area (Å²) in [5.41, 5.74) is 1.11. The summed E-state index contributed by atoms with van der Waals surface area (Å²) < 4.78 is 42.6. The molecule has 1 aliphatic rings. The number of carbonyl (C=O) groups excluding carboxylic acids is 1. The minimum absolute atomic E-state index is 0.266. The summed E-state index contributed by atoms with van der Waals surface area (Å²) in [5, 5.41) is 0. The van der Waals surface area contributed by atoms with Crippen LogP contribution in [0.3, 0.4) is 0 Å². The van der Waals surface area contributed by atoms with E-state index in [1.54, 1.807) is 12.1 Å². The molecule has 5 nitrogen and oxygen atoms in total. The van der Waals surface area contributed by atoms with Gasteiger partial charge < -0.3 is 0 Å². The monoisotopic (exact) mass is 412 g/mol. The van der Waals surface area contributed by atoms with Gasteiger partial charge in [-0.15, -0.1) is 0 Å². The number of aryl methyl sites for hydroxylation is 1. The Morgan fingerprint density at radius 1 is 1.21 bits per heavy atom. The fourth-order valence-corrected chi connectivity index (χ4v) is 4.24. The molecule has 24 heavy (non-hydrogen) atoms. The van der Waals surface area contributed by atoms with Crippen LogP contribution in [0, 0.1) is 5.82 Å². The molecule has 2 aromatic rings. The number of rotatable bonds is 3. The Hall–Kier alpha value is -1.93. The highest BCUT2D eigenvalue weighted by atomic mass is 79.9. The van der Waals surface area contributed by atoms with Crippen molar-refractivity contribution in [2.45, 2.75) is 12.8 Å². The molecule has 0 saturated carbocycles. The lowest BCUT2D eigenvalue weighted by Gasteiger charge is -2.30. The summed E-state index contributed by atoms with van der Waals surface area (Å²) in [6, 6.07) is 10.9. The minimum atomic E-state index is -4.12. The normalized spacial score (nSPS) is 14.2. The molecule has 1 N–H and O–H groups in total. The molecule has 1 amide bonds. The smallest absolute Gasteiger partial charge is 0.268 e. The van der Waals surface area contributed by atoms with E-state index in [1.165, 1.54) is 12.1 Å². The maximum Gasteiger partial charge on any atom is 0.326 e. The number of benzene rings is 2. The first-order chi connectivity index (χ1) is 11.4. The summed E-state index contributed by atoms with van der Waals surface area (Å²) >= 11 is 3.09. The van der Waals surface area contributed by atoms with Gasteiger partial charge in [0.05, 0.1) is 11.3 Å². The van der Waals surface area contributed by atoms with Crippen LogP contribution in [0.1, 0.15) is 22.3 Å². The number of anilines is 1. The molecule has 0 unspecified atom stereocenters. The Morgan fingerprint density at radius 3 is 2.71 bits per heavy atom. The SMILES string of the molecule is O=C(NS(=O)(=O)N1CCCc2ccccc21)c1ccc(Br)cc1F. The van der Waals surface area contributed by atoms with Crippen molar-refractivity contribution in [2.75, 3.05) is 10.8 Å². The first-order valence-corrected chi connectivity index (χ1v) is 9.49. The van der Waals surface area contributed by atoms with E-state index < -0.39 is 21.9 Å². The highest BCUT2D eigenvalue weighted by molar-refractivity contribution is 9.10. The summed E-state index contributed by atoms with van der Waals surface area (Å²) in [6.07, 6.45) is 1.43. The number of carbonyl (C=O) groups is 1. The predicted octanol–water partition coefficient (Wildman–Crippen LogP) is 3.02. The maximum absolute atomic E-state index is 13.9. The third-order valence-corrected chi connectivity index (χ3v) is 5.65. The van der Waals surface area contributed by atoms with Crippen LogP contribution in [0.4, 0.5) is 10.1 Å². The quantitative estimate of drug-likeness (QED) is 0.842. The summed E-state index contributed by atoms with van der Waals surface area (Å²) in [4.78, 5) is 12.2. The summed E-state index contributed by atoms with van der Waals surface area (Å²) in [6.45, 7) is 0.266. The zero-order valence-electron chi connectivity index (χ0n) is 12.5. The van der Waals surface area contributed by atoms with Crippen molar-refractivity contribution in [3.63, 3.8) is 0 Å². The molecule has 126 valence electrons. The van der Waals surface area contributed by atoms with Crippen LogP contribution in [-0.2, 0) is 16.6 Å². The second-order valence-electron chi connectivity index (χ2n) is 5.36. The summed E-state index contributed by atoms with van der Waals surface area (Å²) in [5.74, 6) is -1.79. The van der Waals surface area contributed by atoms with Crippen LogP contribution < -0.4 is 9.03 Å². The number of halogens is 2. The Labute approximate surface area is 147 Å². The number of nitrogens with zero attached hydrogens (tertiary/aromatic N) is 1.